The largest absolute Gasteiger partial charge is 0.354 e. The summed E-state index contributed by atoms with van der Waals surface area (Å²) in [7, 11) is -3.50. The lowest BCUT2D eigenvalue weighted by Gasteiger charge is -2.29. The molecule has 0 saturated heterocycles. The number of carbonyl (C=O) groups excluding carboxylic acids is 2. The predicted molar refractivity (Wildman–Crippen MR) is 146 cm³/mol. The van der Waals surface area contributed by atoms with Crippen LogP contribution in [0.25, 0.3) is 0 Å². The quantitative estimate of drug-likeness (QED) is 0.412. The van der Waals surface area contributed by atoms with Crippen molar-refractivity contribution in [1.82, 2.24) is 10.2 Å². The minimum atomic E-state index is -3.50. The molecule has 0 fully saturated rings. The number of aryl methyl sites for hydroxylation is 1. The van der Waals surface area contributed by atoms with E-state index in [0.29, 0.717) is 37.5 Å². The van der Waals surface area contributed by atoms with Crippen molar-refractivity contribution in [2.75, 3.05) is 30.2 Å². The number of benzene rings is 2. The van der Waals surface area contributed by atoms with Crippen LogP contribution in [0.2, 0.25) is 0 Å². The van der Waals surface area contributed by atoms with Crippen molar-refractivity contribution in [1.29, 1.82) is 0 Å². The molecule has 36 heavy (non-hydrogen) atoms. The van der Waals surface area contributed by atoms with Gasteiger partial charge < -0.3 is 10.2 Å². The summed E-state index contributed by atoms with van der Waals surface area (Å²) in [6, 6.07) is 16.7. The van der Waals surface area contributed by atoms with Crippen molar-refractivity contribution in [2.24, 2.45) is 5.92 Å². The van der Waals surface area contributed by atoms with E-state index in [2.05, 4.69) is 5.32 Å². The zero-order valence-corrected chi connectivity index (χ0v) is 23.1. The summed E-state index contributed by atoms with van der Waals surface area (Å²) in [5.74, 6) is -0.0326. The topological polar surface area (TPSA) is 86.8 Å². The molecule has 0 radical (unpaired) electrons. The van der Waals surface area contributed by atoms with Crippen molar-refractivity contribution in [3.05, 3.63) is 65.7 Å². The zero-order chi connectivity index (χ0) is 26.7. The van der Waals surface area contributed by atoms with Crippen LogP contribution >= 0.6 is 0 Å². The summed E-state index contributed by atoms with van der Waals surface area (Å²) < 4.78 is 26.3. The molecule has 2 amide bonds. The van der Waals surface area contributed by atoms with Gasteiger partial charge in [-0.1, -0.05) is 63.2 Å². The second kappa shape index (κ2) is 14.0. The Morgan fingerprint density at radius 1 is 0.917 bits per heavy atom. The van der Waals surface area contributed by atoms with Gasteiger partial charge in [0.1, 0.15) is 6.04 Å². The number of rotatable bonds is 14. The first-order valence-corrected chi connectivity index (χ1v) is 14.6. The summed E-state index contributed by atoms with van der Waals surface area (Å²) in [6.07, 6.45) is 3.18. The lowest BCUT2D eigenvalue weighted by Crippen LogP contribution is -2.49. The predicted octanol–water partition coefficient (Wildman–Crippen LogP) is 4.03. The average Bonchev–Trinajstić information content (AvgIpc) is 2.85. The van der Waals surface area contributed by atoms with Crippen molar-refractivity contribution in [2.45, 2.75) is 59.4 Å². The summed E-state index contributed by atoms with van der Waals surface area (Å²) >= 11 is 0. The Morgan fingerprint density at radius 3 is 2.11 bits per heavy atom. The molecule has 0 aliphatic heterocycles. The summed E-state index contributed by atoms with van der Waals surface area (Å²) in [5, 5.41) is 2.92. The van der Waals surface area contributed by atoms with Gasteiger partial charge in [0.05, 0.1) is 11.9 Å². The maximum atomic E-state index is 13.3. The third-order valence-electron chi connectivity index (χ3n) is 6.12. The SMILES string of the molecule is CCc1ccc(N(CCCC(=O)N(CCc2ccccc2)C(C)C(=O)NCC(C)C)S(C)(=O)=O)cc1. The van der Waals surface area contributed by atoms with Crippen LogP contribution in [0.1, 0.15) is 51.7 Å². The minimum absolute atomic E-state index is 0.148. The first kappa shape index (κ1) is 29.4. The normalized spacial score (nSPS) is 12.3. The van der Waals surface area contributed by atoms with E-state index in [4.69, 9.17) is 0 Å². The number of nitrogens with zero attached hydrogens (tertiary/aromatic N) is 2. The number of hydrogen-bond donors (Lipinski definition) is 1. The maximum absolute atomic E-state index is 13.3. The van der Waals surface area contributed by atoms with Crippen LogP contribution in [-0.4, -0.2) is 57.1 Å². The fraction of sp³-hybridized carbons (Fsp3) is 0.500. The molecule has 1 unspecified atom stereocenters. The number of carbonyl (C=O) groups is 2. The number of amides is 2. The Morgan fingerprint density at radius 2 is 1.56 bits per heavy atom. The van der Waals surface area contributed by atoms with Crippen LogP contribution in [0.4, 0.5) is 5.69 Å². The third kappa shape index (κ3) is 9.30. The molecule has 0 aromatic heterocycles. The highest BCUT2D eigenvalue weighted by Gasteiger charge is 2.26. The van der Waals surface area contributed by atoms with Crippen LogP contribution in [0, 0.1) is 5.92 Å². The fourth-order valence-electron chi connectivity index (χ4n) is 3.92. The molecule has 198 valence electrons. The molecular formula is C28H41N3O4S. The van der Waals surface area contributed by atoms with Gasteiger partial charge >= 0.3 is 0 Å². The molecule has 1 N–H and O–H groups in total. The van der Waals surface area contributed by atoms with E-state index >= 15 is 0 Å². The average molecular weight is 516 g/mol. The molecule has 0 bridgehead atoms. The molecular weight excluding hydrogens is 474 g/mol. The van der Waals surface area contributed by atoms with Gasteiger partial charge in [0.2, 0.25) is 21.8 Å². The number of hydrogen-bond acceptors (Lipinski definition) is 4. The lowest BCUT2D eigenvalue weighted by atomic mass is 10.1. The second-order valence-corrected chi connectivity index (χ2v) is 11.5. The van der Waals surface area contributed by atoms with E-state index in [1.807, 2.05) is 63.2 Å². The molecule has 0 aliphatic carbocycles. The first-order chi connectivity index (χ1) is 17.0. The van der Waals surface area contributed by atoms with Crippen LogP contribution in [-0.2, 0) is 32.5 Å². The molecule has 0 spiro atoms. The third-order valence-corrected chi connectivity index (χ3v) is 7.31. The molecule has 2 aromatic carbocycles. The van der Waals surface area contributed by atoms with Gasteiger partial charge in [0.15, 0.2) is 0 Å². The summed E-state index contributed by atoms with van der Waals surface area (Å²) in [6.45, 7) is 8.98. The van der Waals surface area contributed by atoms with Crippen LogP contribution in [0.3, 0.4) is 0 Å². The molecule has 0 aliphatic rings. The highest BCUT2D eigenvalue weighted by molar-refractivity contribution is 7.92. The molecule has 0 heterocycles. The van der Waals surface area contributed by atoms with Crippen molar-refractivity contribution in [3.63, 3.8) is 0 Å². The molecule has 0 saturated carbocycles. The molecule has 2 rings (SSSR count). The van der Waals surface area contributed by atoms with Gasteiger partial charge in [-0.3, -0.25) is 13.9 Å². The van der Waals surface area contributed by atoms with E-state index in [-0.39, 0.29) is 24.8 Å². The minimum Gasteiger partial charge on any atom is -0.354 e. The van der Waals surface area contributed by atoms with Crippen molar-refractivity contribution in [3.8, 4) is 0 Å². The first-order valence-electron chi connectivity index (χ1n) is 12.7. The Balaban J connectivity index is 2.09. The Kier molecular flexibility index (Phi) is 11.4. The Labute approximate surface area is 216 Å². The number of anilines is 1. The van der Waals surface area contributed by atoms with Gasteiger partial charge in [0.25, 0.3) is 0 Å². The van der Waals surface area contributed by atoms with Gasteiger partial charge in [-0.05, 0) is 55.4 Å². The summed E-state index contributed by atoms with van der Waals surface area (Å²) in [4.78, 5) is 27.7. The molecule has 1 atom stereocenters. The number of sulfonamides is 1. The second-order valence-electron chi connectivity index (χ2n) is 9.60. The van der Waals surface area contributed by atoms with Crippen molar-refractivity contribution >= 4 is 27.5 Å². The highest BCUT2D eigenvalue weighted by Crippen LogP contribution is 2.20. The standard InChI is InChI=1S/C28H41N3O4S/c1-6-24-14-16-26(17-15-24)31(36(5,34)35)19-10-13-27(32)30(20-18-25-11-8-7-9-12-25)23(4)28(33)29-21-22(2)3/h7-9,11-12,14-17,22-23H,6,10,13,18-21H2,1-5H3,(H,29,33). The van der Waals surface area contributed by atoms with E-state index < -0.39 is 16.1 Å². The molecule has 2 aromatic rings. The zero-order valence-electron chi connectivity index (χ0n) is 22.2. The van der Waals surface area contributed by atoms with Gasteiger partial charge in [0, 0.05) is 26.1 Å². The van der Waals surface area contributed by atoms with Gasteiger partial charge in [-0.15, -0.1) is 0 Å². The maximum Gasteiger partial charge on any atom is 0.242 e. The molecule has 7 nitrogen and oxygen atoms in total. The smallest absolute Gasteiger partial charge is 0.242 e. The van der Waals surface area contributed by atoms with E-state index in [9.17, 15) is 18.0 Å². The van der Waals surface area contributed by atoms with Crippen molar-refractivity contribution < 1.29 is 18.0 Å². The van der Waals surface area contributed by atoms with E-state index in [1.54, 1.807) is 24.0 Å². The van der Waals surface area contributed by atoms with E-state index in [0.717, 1.165) is 17.5 Å². The summed E-state index contributed by atoms with van der Waals surface area (Å²) in [5.41, 5.74) is 2.80. The Hall–Kier alpha value is -2.87. The monoisotopic (exact) mass is 515 g/mol. The van der Waals surface area contributed by atoms with Gasteiger partial charge in [-0.25, -0.2) is 8.42 Å². The van der Waals surface area contributed by atoms with Crippen LogP contribution in [0.15, 0.2) is 54.6 Å². The van der Waals surface area contributed by atoms with Crippen LogP contribution in [0.5, 0.6) is 0 Å². The lowest BCUT2D eigenvalue weighted by molar-refractivity contribution is -0.140. The fourth-order valence-corrected chi connectivity index (χ4v) is 4.89. The van der Waals surface area contributed by atoms with Gasteiger partial charge in [-0.2, -0.15) is 0 Å². The van der Waals surface area contributed by atoms with E-state index in [1.165, 1.54) is 10.6 Å². The van der Waals surface area contributed by atoms with Crippen LogP contribution < -0.4 is 9.62 Å². The Bertz CT molecular complexity index is 1070. The number of nitrogens with one attached hydrogen (secondary N) is 1. The molecule has 8 heteroatoms. The highest BCUT2D eigenvalue weighted by atomic mass is 32.2.